The second-order valence-electron chi connectivity index (χ2n) is 8.24. The minimum absolute atomic E-state index is 0.112. The third kappa shape index (κ3) is 3.98. The Morgan fingerprint density at radius 2 is 1.80 bits per heavy atom. The van der Waals surface area contributed by atoms with Gasteiger partial charge in [-0.2, -0.15) is 4.98 Å². The van der Waals surface area contributed by atoms with Crippen LogP contribution in [-0.2, 0) is 16.9 Å². The van der Waals surface area contributed by atoms with Crippen LogP contribution in [0.2, 0.25) is 0 Å². The number of carbonyl (C=O) groups is 2. The summed E-state index contributed by atoms with van der Waals surface area (Å²) in [4.78, 5) is 31.5. The topological polar surface area (TPSA) is 125 Å². The molecule has 182 valence electrons. The Kier molecular flexibility index (Phi) is 5.67. The summed E-state index contributed by atoms with van der Waals surface area (Å²) in [6.07, 6.45) is 0.764. The molecule has 3 amide bonds. The second kappa shape index (κ2) is 8.82. The molecule has 0 spiro atoms. The minimum atomic E-state index is -1.28. The number of ether oxygens (including phenoxy) is 4. The molecule has 1 fully saturated rings. The molecule has 1 aromatic heterocycles. The van der Waals surface area contributed by atoms with Gasteiger partial charge in [-0.05, 0) is 42.8 Å². The summed E-state index contributed by atoms with van der Waals surface area (Å²) in [5.74, 6) is 2.18. The van der Waals surface area contributed by atoms with Crippen LogP contribution in [0.5, 0.6) is 23.0 Å². The predicted molar refractivity (Wildman–Crippen MR) is 121 cm³/mol. The van der Waals surface area contributed by atoms with Gasteiger partial charge in [0, 0.05) is 12.0 Å². The second-order valence-corrected chi connectivity index (χ2v) is 8.24. The molecule has 11 heteroatoms. The first-order valence-corrected chi connectivity index (χ1v) is 11.0. The molecule has 2 aliphatic heterocycles. The zero-order valence-corrected chi connectivity index (χ0v) is 19.5. The van der Waals surface area contributed by atoms with Gasteiger partial charge in [0.2, 0.25) is 11.7 Å². The SMILES string of the molecule is COc1ccc(-c2noc(CN3C(=O)NC(C)(c4ccc5c(c4)OCCCO5)C3=O)n2)cc1OC. The molecule has 5 rings (SSSR count). The number of hydrogen-bond donors (Lipinski definition) is 1. The first-order chi connectivity index (χ1) is 16.9. The largest absolute Gasteiger partial charge is 0.493 e. The number of fused-ring (bicyclic) bond motifs is 1. The lowest BCUT2D eigenvalue weighted by Crippen LogP contribution is -2.40. The molecule has 0 radical (unpaired) electrons. The number of imide groups is 1. The number of methoxy groups -OCH3 is 2. The molecule has 0 aliphatic carbocycles. The number of hydrogen-bond acceptors (Lipinski definition) is 9. The van der Waals surface area contributed by atoms with E-state index in [9.17, 15) is 9.59 Å². The molecule has 35 heavy (non-hydrogen) atoms. The van der Waals surface area contributed by atoms with E-state index in [1.807, 2.05) is 0 Å². The summed E-state index contributed by atoms with van der Waals surface area (Å²) >= 11 is 0. The van der Waals surface area contributed by atoms with E-state index in [-0.39, 0.29) is 12.4 Å². The summed E-state index contributed by atoms with van der Waals surface area (Å²) in [7, 11) is 3.07. The van der Waals surface area contributed by atoms with E-state index >= 15 is 0 Å². The molecule has 1 saturated heterocycles. The monoisotopic (exact) mass is 480 g/mol. The van der Waals surface area contributed by atoms with Crippen LogP contribution in [0, 0.1) is 0 Å². The van der Waals surface area contributed by atoms with Crippen LogP contribution in [-0.4, -0.2) is 54.4 Å². The fourth-order valence-electron chi connectivity index (χ4n) is 4.06. The first-order valence-electron chi connectivity index (χ1n) is 11.0. The van der Waals surface area contributed by atoms with Crippen LogP contribution in [0.1, 0.15) is 24.8 Å². The van der Waals surface area contributed by atoms with Crippen molar-refractivity contribution < 1.29 is 33.1 Å². The van der Waals surface area contributed by atoms with E-state index in [1.54, 1.807) is 50.4 Å². The van der Waals surface area contributed by atoms with Gasteiger partial charge in [0.1, 0.15) is 12.1 Å². The van der Waals surface area contributed by atoms with Crippen LogP contribution in [0.3, 0.4) is 0 Å². The van der Waals surface area contributed by atoms with Crippen LogP contribution in [0.15, 0.2) is 40.9 Å². The summed E-state index contributed by atoms with van der Waals surface area (Å²) in [5.41, 5.74) is -0.0698. The van der Waals surface area contributed by atoms with Gasteiger partial charge < -0.3 is 28.8 Å². The van der Waals surface area contributed by atoms with Crippen molar-refractivity contribution in [1.29, 1.82) is 0 Å². The van der Waals surface area contributed by atoms with Gasteiger partial charge in [0.25, 0.3) is 5.91 Å². The number of aromatic nitrogens is 2. The van der Waals surface area contributed by atoms with E-state index in [0.29, 0.717) is 53.2 Å². The third-order valence-electron chi connectivity index (χ3n) is 6.00. The Balaban J connectivity index is 1.36. The molecule has 1 N–H and O–H groups in total. The van der Waals surface area contributed by atoms with Crippen molar-refractivity contribution >= 4 is 11.9 Å². The average molecular weight is 480 g/mol. The van der Waals surface area contributed by atoms with Crippen LogP contribution >= 0.6 is 0 Å². The number of nitrogens with zero attached hydrogens (tertiary/aromatic N) is 3. The van der Waals surface area contributed by atoms with E-state index in [2.05, 4.69) is 15.5 Å². The van der Waals surface area contributed by atoms with Crippen molar-refractivity contribution in [3.8, 4) is 34.4 Å². The molecule has 2 aliphatic rings. The molecule has 3 aromatic rings. The quantitative estimate of drug-likeness (QED) is 0.530. The first kappa shape index (κ1) is 22.5. The van der Waals surface area contributed by atoms with Crippen molar-refractivity contribution in [2.45, 2.75) is 25.4 Å². The lowest BCUT2D eigenvalue weighted by Gasteiger charge is -2.23. The molecule has 2 aromatic carbocycles. The molecular formula is C24H24N4O7. The number of urea groups is 1. The van der Waals surface area contributed by atoms with Crippen LogP contribution in [0.4, 0.5) is 4.79 Å². The van der Waals surface area contributed by atoms with Crippen molar-refractivity contribution in [2.24, 2.45) is 0 Å². The average Bonchev–Trinajstić information content (AvgIpc) is 3.32. The van der Waals surface area contributed by atoms with E-state index in [1.165, 1.54) is 7.11 Å². The molecule has 1 unspecified atom stereocenters. The molecule has 3 heterocycles. The van der Waals surface area contributed by atoms with Crippen LogP contribution < -0.4 is 24.3 Å². The fourth-order valence-corrected chi connectivity index (χ4v) is 4.06. The lowest BCUT2D eigenvalue weighted by molar-refractivity contribution is -0.131. The highest BCUT2D eigenvalue weighted by molar-refractivity contribution is 6.07. The van der Waals surface area contributed by atoms with Gasteiger partial charge in [-0.1, -0.05) is 11.2 Å². The normalized spacial score (nSPS) is 19.3. The zero-order chi connectivity index (χ0) is 24.6. The van der Waals surface area contributed by atoms with Crippen molar-refractivity contribution in [3.63, 3.8) is 0 Å². The van der Waals surface area contributed by atoms with Gasteiger partial charge in [0.15, 0.2) is 23.0 Å². The maximum Gasteiger partial charge on any atom is 0.325 e. The molecule has 0 bridgehead atoms. The summed E-state index contributed by atoms with van der Waals surface area (Å²) in [6.45, 7) is 2.54. The highest BCUT2D eigenvalue weighted by atomic mass is 16.5. The Morgan fingerprint density at radius 3 is 2.57 bits per heavy atom. The predicted octanol–water partition coefficient (Wildman–Crippen LogP) is 2.88. The number of amides is 3. The highest BCUT2D eigenvalue weighted by Crippen LogP contribution is 2.37. The maximum atomic E-state index is 13.4. The number of nitrogens with one attached hydrogen (secondary N) is 1. The third-order valence-corrected chi connectivity index (χ3v) is 6.00. The van der Waals surface area contributed by atoms with Gasteiger partial charge >= 0.3 is 6.03 Å². The Morgan fingerprint density at radius 1 is 1.03 bits per heavy atom. The Bertz CT molecular complexity index is 1290. The van der Waals surface area contributed by atoms with Gasteiger partial charge in [-0.15, -0.1) is 0 Å². The van der Waals surface area contributed by atoms with E-state index < -0.39 is 17.5 Å². The Labute approximate surface area is 200 Å². The van der Waals surface area contributed by atoms with Gasteiger partial charge in [-0.25, -0.2) is 4.79 Å². The molecule has 0 saturated carbocycles. The van der Waals surface area contributed by atoms with Gasteiger partial charge in [-0.3, -0.25) is 9.69 Å². The number of rotatable bonds is 6. The zero-order valence-electron chi connectivity index (χ0n) is 19.5. The maximum absolute atomic E-state index is 13.4. The minimum Gasteiger partial charge on any atom is -0.493 e. The fraction of sp³-hybridized carbons (Fsp3) is 0.333. The molecule has 11 nitrogen and oxygen atoms in total. The van der Waals surface area contributed by atoms with E-state index in [0.717, 1.165) is 11.3 Å². The summed E-state index contributed by atoms with van der Waals surface area (Å²) in [6, 6.07) is 9.85. The number of benzene rings is 2. The van der Waals surface area contributed by atoms with Crippen molar-refractivity contribution in [2.75, 3.05) is 27.4 Å². The smallest absolute Gasteiger partial charge is 0.325 e. The lowest BCUT2D eigenvalue weighted by atomic mass is 9.91. The Hall–Kier alpha value is -4.28. The summed E-state index contributed by atoms with van der Waals surface area (Å²) < 4.78 is 27.3. The molecule has 1 atom stereocenters. The van der Waals surface area contributed by atoms with Gasteiger partial charge in [0.05, 0.1) is 27.4 Å². The summed E-state index contributed by atoms with van der Waals surface area (Å²) in [5, 5.41) is 6.75. The van der Waals surface area contributed by atoms with E-state index in [4.69, 9.17) is 23.5 Å². The number of carbonyl (C=O) groups excluding carboxylic acids is 2. The molecular weight excluding hydrogens is 456 g/mol. The standard InChI is InChI=1S/C24H24N4O7/c1-24(15-6-8-17-19(12-15)34-10-4-9-33-17)22(29)28(23(30)26-24)13-20-25-21(27-35-20)14-5-7-16(31-2)18(11-14)32-3/h5-8,11-12H,4,9-10,13H2,1-3H3,(H,26,30). The van der Waals surface area contributed by atoms with Crippen LogP contribution in [0.25, 0.3) is 11.4 Å². The van der Waals surface area contributed by atoms with Crippen molar-refractivity contribution in [3.05, 3.63) is 47.9 Å². The van der Waals surface area contributed by atoms with Crippen molar-refractivity contribution in [1.82, 2.24) is 20.4 Å². The highest BCUT2D eigenvalue weighted by Gasteiger charge is 2.49.